The van der Waals surface area contributed by atoms with Crippen molar-refractivity contribution in [2.24, 2.45) is 5.10 Å². The summed E-state index contributed by atoms with van der Waals surface area (Å²) in [5.41, 5.74) is 3.26. The number of hydrogen-bond donors (Lipinski definition) is 1. The van der Waals surface area contributed by atoms with Crippen LogP contribution < -0.4 is 5.32 Å². The van der Waals surface area contributed by atoms with Crippen LogP contribution in [0.4, 0.5) is 11.4 Å². The zero-order valence-electron chi connectivity index (χ0n) is 11.9. The van der Waals surface area contributed by atoms with E-state index < -0.39 is 0 Å². The van der Waals surface area contributed by atoms with E-state index in [4.69, 9.17) is 4.74 Å². The van der Waals surface area contributed by atoms with E-state index in [-0.39, 0.29) is 0 Å². The minimum absolute atomic E-state index is 0.761. The monoisotopic (exact) mass is 281 g/mol. The summed E-state index contributed by atoms with van der Waals surface area (Å²) in [6.07, 6.45) is 1.90. The van der Waals surface area contributed by atoms with Gasteiger partial charge in [-0.3, -0.25) is 5.01 Å². The molecule has 0 spiro atoms. The molecule has 1 fully saturated rings. The fourth-order valence-electron chi connectivity index (χ4n) is 2.16. The highest BCUT2D eigenvalue weighted by atomic mass is 16.5. The number of hydrogen-bond acceptors (Lipinski definition) is 4. The molecule has 2 aromatic carbocycles. The highest BCUT2D eigenvalue weighted by molar-refractivity contribution is 5.80. The minimum Gasteiger partial charge on any atom is -0.378 e. The first-order valence-corrected chi connectivity index (χ1v) is 7.19. The molecule has 0 radical (unpaired) electrons. The fourth-order valence-corrected chi connectivity index (χ4v) is 2.16. The maximum absolute atomic E-state index is 5.30. The van der Waals surface area contributed by atoms with Crippen molar-refractivity contribution >= 4 is 17.6 Å². The smallest absolute Gasteiger partial charge is 0.0659 e. The number of hydrazone groups is 1. The molecule has 0 bridgehead atoms. The number of rotatable bonds is 4. The summed E-state index contributed by atoms with van der Waals surface area (Å²) >= 11 is 0. The van der Waals surface area contributed by atoms with Crippen LogP contribution in [0.1, 0.15) is 5.56 Å². The fraction of sp³-hybridized carbons (Fsp3) is 0.235. The van der Waals surface area contributed by atoms with E-state index in [0.717, 1.165) is 43.2 Å². The highest BCUT2D eigenvalue weighted by Crippen LogP contribution is 2.16. The molecular formula is C17H19N3O. The summed E-state index contributed by atoms with van der Waals surface area (Å²) in [4.78, 5) is 0. The molecule has 4 heteroatoms. The first-order chi connectivity index (χ1) is 10.4. The van der Waals surface area contributed by atoms with Gasteiger partial charge in [0.2, 0.25) is 0 Å². The zero-order valence-corrected chi connectivity index (χ0v) is 11.9. The second-order valence-corrected chi connectivity index (χ2v) is 4.92. The molecule has 1 aliphatic heterocycles. The second kappa shape index (κ2) is 6.90. The zero-order chi connectivity index (χ0) is 14.3. The Bertz CT molecular complexity index is 575. The van der Waals surface area contributed by atoms with Crippen molar-refractivity contribution in [1.29, 1.82) is 0 Å². The molecule has 0 aromatic heterocycles. The Labute approximate surface area is 125 Å². The van der Waals surface area contributed by atoms with Gasteiger partial charge in [0.05, 0.1) is 32.5 Å². The summed E-state index contributed by atoms with van der Waals surface area (Å²) in [5, 5.41) is 9.88. The number of morpholine rings is 1. The van der Waals surface area contributed by atoms with Gasteiger partial charge in [0.25, 0.3) is 0 Å². The van der Waals surface area contributed by atoms with Crippen molar-refractivity contribution in [3.05, 3.63) is 60.2 Å². The molecular weight excluding hydrogens is 262 g/mol. The molecule has 1 aliphatic rings. The lowest BCUT2D eigenvalue weighted by atomic mass is 10.2. The maximum Gasteiger partial charge on any atom is 0.0659 e. The lowest BCUT2D eigenvalue weighted by molar-refractivity contribution is 0.0397. The van der Waals surface area contributed by atoms with Crippen molar-refractivity contribution in [2.45, 2.75) is 0 Å². The van der Waals surface area contributed by atoms with Crippen LogP contribution in [0.25, 0.3) is 0 Å². The van der Waals surface area contributed by atoms with Gasteiger partial charge in [-0.15, -0.1) is 0 Å². The second-order valence-electron chi connectivity index (χ2n) is 4.92. The third-order valence-electron chi connectivity index (χ3n) is 3.33. The van der Waals surface area contributed by atoms with E-state index in [1.54, 1.807) is 0 Å². The lowest BCUT2D eigenvalue weighted by Crippen LogP contribution is -2.32. The van der Waals surface area contributed by atoms with Crippen molar-refractivity contribution in [3.63, 3.8) is 0 Å². The molecule has 2 aromatic rings. The number of ether oxygens (including phenoxy) is 1. The molecule has 0 aliphatic carbocycles. The van der Waals surface area contributed by atoms with Crippen LogP contribution in [0, 0.1) is 0 Å². The largest absolute Gasteiger partial charge is 0.378 e. The third-order valence-corrected chi connectivity index (χ3v) is 3.33. The van der Waals surface area contributed by atoms with Crippen molar-refractivity contribution in [2.75, 3.05) is 31.6 Å². The molecule has 1 N–H and O–H groups in total. The standard InChI is InChI=1S/C17H19N3O/c1-2-4-16(5-3-1)19-17-8-6-15(7-9-17)14-18-20-10-12-21-13-11-20/h1-9,14,19H,10-13H2. The summed E-state index contributed by atoms with van der Waals surface area (Å²) in [7, 11) is 0. The van der Waals surface area contributed by atoms with E-state index in [2.05, 4.69) is 34.7 Å². The van der Waals surface area contributed by atoms with E-state index in [9.17, 15) is 0 Å². The van der Waals surface area contributed by atoms with Crippen LogP contribution >= 0.6 is 0 Å². The average molecular weight is 281 g/mol. The van der Waals surface area contributed by atoms with E-state index in [1.807, 2.05) is 41.6 Å². The number of nitrogens with zero attached hydrogens (tertiary/aromatic N) is 2. The minimum atomic E-state index is 0.761. The van der Waals surface area contributed by atoms with E-state index in [0.29, 0.717) is 0 Å². The van der Waals surface area contributed by atoms with Crippen LogP contribution in [0.5, 0.6) is 0 Å². The van der Waals surface area contributed by atoms with Gasteiger partial charge in [-0.1, -0.05) is 30.3 Å². The van der Waals surface area contributed by atoms with Crippen molar-refractivity contribution in [3.8, 4) is 0 Å². The molecule has 0 amide bonds. The molecule has 1 heterocycles. The third kappa shape index (κ3) is 4.07. The van der Waals surface area contributed by atoms with Gasteiger partial charge in [-0.2, -0.15) is 5.10 Å². The predicted octanol–water partition coefficient (Wildman–Crippen LogP) is 3.10. The Morgan fingerprint density at radius 3 is 2.29 bits per heavy atom. The summed E-state index contributed by atoms with van der Waals surface area (Å²) in [5.74, 6) is 0. The quantitative estimate of drug-likeness (QED) is 0.875. The van der Waals surface area contributed by atoms with Gasteiger partial charge in [0.15, 0.2) is 0 Å². The van der Waals surface area contributed by atoms with E-state index in [1.165, 1.54) is 0 Å². The van der Waals surface area contributed by atoms with Crippen LogP contribution in [0.15, 0.2) is 59.7 Å². The first kappa shape index (κ1) is 13.6. The number of anilines is 2. The van der Waals surface area contributed by atoms with Crippen LogP contribution in [0.3, 0.4) is 0 Å². The number of nitrogens with one attached hydrogen (secondary N) is 1. The van der Waals surface area contributed by atoms with Gasteiger partial charge in [-0.05, 0) is 29.8 Å². The predicted molar refractivity (Wildman–Crippen MR) is 86.2 cm³/mol. The Morgan fingerprint density at radius 2 is 1.57 bits per heavy atom. The average Bonchev–Trinajstić information content (AvgIpc) is 2.56. The maximum atomic E-state index is 5.30. The summed E-state index contributed by atoms with van der Waals surface area (Å²) in [6.45, 7) is 3.25. The molecule has 4 nitrogen and oxygen atoms in total. The van der Waals surface area contributed by atoms with Crippen LogP contribution in [0.2, 0.25) is 0 Å². The molecule has 0 saturated carbocycles. The van der Waals surface area contributed by atoms with Crippen LogP contribution in [-0.2, 0) is 4.74 Å². The Kier molecular flexibility index (Phi) is 4.49. The number of para-hydroxylation sites is 1. The van der Waals surface area contributed by atoms with Gasteiger partial charge in [0.1, 0.15) is 0 Å². The topological polar surface area (TPSA) is 36.9 Å². The molecule has 3 rings (SSSR count). The lowest BCUT2D eigenvalue weighted by Gasteiger charge is -2.23. The normalized spacial score (nSPS) is 15.3. The van der Waals surface area contributed by atoms with Gasteiger partial charge >= 0.3 is 0 Å². The van der Waals surface area contributed by atoms with E-state index >= 15 is 0 Å². The molecule has 0 atom stereocenters. The van der Waals surface area contributed by atoms with Gasteiger partial charge in [-0.25, -0.2) is 0 Å². The first-order valence-electron chi connectivity index (χ1n) is 7.19. The van der Waals surface area contributed by atoms with Crippen LogP contribution in [-0.4, -0.2) is 37.5 Å². The number of benzene rings is 2. The molecule has 21 heavy (non-hydrogen) atoms. The molecule has 1 saturated heterocycles. The summed E-state index contributed by atoms with van der Waals surface area (Å²) in [6, 6.07) is 18.4. The Balaban J connectivity index is 1.60. The molecule has 0 unspecified atom stereocenters. The Morgan fingerprint density at radius 1 is 0.905 bits per heavy atom. The highest BCUT2D eigenvalue weighted by Gasteiger charge is 2.06. The van der Waals surface area contributed by atoms with Crippen molar-refractivity contribution in [1.82, 2.24) is 5.01 Å². The Hall–Kier alpha value is -2.33. The van der Waals surface area contributed by atoms with Gasteiger partial charge < -0.3 is 10.1 Å². The van der Waals surface area contributed by atoms with Crippen molar-refractivity contribution < 1.29 is 4.74 Å². The SMILES string of the molecule is C(=NN1CCOCC1)c1ccc(Nc2ccccc2)cc1. The van der Waals surface area contributed by atoms with Gasteiger partial charge in [0, 0.05) is 11.4 Å². The molecule has 108 valence electrons. The summed E-state index contributed by atoms with van der Waals surface area (Å²) < 4.78 is 5.30.